The summed E-state index contributed by atoms with van der Waals surface area (Å²) in [6.45, 7) is 6.10. The lowest BCUT2D eigenvalue weighted by atomic mass is 9.69. The first-order valence-electron chi connectivity index (χ1n) is 7.89. The Labute approximate surface area is 117 Å². The van der Waals surface area contributed by atoms with Gasteiger partial charge in [-0.05, 0) is 51.9 Å². The molecule has 3 heteroatoms. The molecule has 0 radical (unpaired) electrons. The standard InChI is InChI=1S/C16H29NO2/c1-16(2,3)19-15(18)11-17-14-9-8-12-6-4-5-7-13(12)10-14/h12-14,17H,4-11H2,1-3H3. The molecule has 2 aliphatic carbocycles. The van der Waals surface area contributed by atoms with Gasteiger partial charge in [0, 0.05) is 6.04 Å². The molecule has 0 saturated heterocycles. The summed E-state index contributed by atoms with van der Waals surface area (Å²) >= 11 is 0. The SMILES string of the molecule is CC(C)(C)OC(=O)CNC1CCC2CCCCC2C1. The van der Waals surface area contributed by atoms with E-state index in [0.717, 1.165) is 11.8 Å². The third-order valence-corrected chi connectivity index (χ3v) is 4.49. The van der Waals surface area contributed by atoms with Gasteiger partial charge in [0.25, 0.3) is 0 Å². The van der Waals surface area contributed by atoms with Crippen LogP contribution in [-0.4, -0.2) is 24.2 Å². The molecule has 0 aromatic rings. The zero-order chi connectivity index (χ0) is 13.9. The number of carbonyl (C=O) groups excluding carboxylic acids is 1. The molecule has 110 valence electrons. The Bertz CT molecular complexity index is 308. The summed E-state index contributed by atoms with van der Waals surface area (Å²) in [4.78, 5) is 11.7. The van der Waals surface area contributed by atoms with Gasteiger partial charge < -0.3 is 10.1 Å². The van der Waals surface area contributed by atoms with Crippen molar-refractivity contribution < 1.29 is 9.53 Å². The summed E-state index contributed by atoms with van der Waals surface area (Å²) in [5, 5.41) is 3.40. The predicted octanol–water partition coefficient (Wildman–Crippen LogP) is 3.28. The van der Waals surface area contributed by atoms with E-state index in [2.05, 4.69) is 5.32 Å². The molecule has 1 N–H and O–H groups in total. The van der Waals surface area contributed by atoms with E-state index in [1.807, 2.05) is 20.8 Å². The molecule has 0 aromatic carbocycles. The number of nitrogens with one attached hydrogen (secondary N) is 1. The number of ether oxygens (including phenoxy) is 1. The van der Waals surface area contributed by atoms with Crippen molar-refractivity contribution in [3.63, 3.8) is 0 Å². The van der Waals surface area contributed by atoms with Gasteiger partial charge in [0.05, 0.1) is 6.54 Å². The van der Waals surface area contributed by atoms with Gasteiger partial charge in [-0.25, -0.2) is 0 Å². The molecule has 0 aromatic heterocycles. The van der Waals surface area contributed by atoms with Crippen LogP contribution in [0.4, 0.5) is 0 Å². The van der Waals surface area contributed by atoms with Crippen molar-refractivity contribution in [1.29, 1.82) is 0 Å². The van der Waals surface area contributed by atoms with Crippen molar-refractivity contribution in [3.05, 3.63) is 0 Å². The lowest BCUT2D eigenvalue weighted by Crippen LogP contribution is -2.42. The molecule has 0 aliphatic heterocycles. The molecule has 0 bridgehead atoms. The van der Waals surface area contributed by atoms with Crippen LogP contribution in [0.1, 0.15) is 65.7 Å². The normalized spacial score (nSPS) is 31.6. The smallest absolute Gasteiger partial charge is 0.320 e. The molecule has 2 rings (SSSR count). The minimum Gasteiger partial charge on any atom is -0.459 e. The Morgan fingerprint density at radius 3 is 2.47 bits per heavy atom. The average molecular weight is 267 g/mol. The first-order valence-corrected chi connectivity index (χ1v) is 7.89. The van der Waals surface area contributed by atoms with Crippen LogP contribution in [0.5, 0.6) is 0 Å². The fourth-order valence-electron chi connectivity index (χ4n) is 3.66. The van der Waals surface area contributed by atoms with Crippen molar-refractivity contribution in [2.75, 3.05) is 6.54 Å². The minimum atomic E-state index is -0.375. The van der Waals surface area contributed by atoms with Gasteiger partial charge in [0.2, 0.25) is 0 Å². The van der Waals surface area contributed by atoms with E-state index in [4.69, 9.17) is 4.74 Å². The van der Waals surface area contributed by atoms with E-state index < -0.39 is 0 Å². The molecule has 0 heterocycles. The molecule has 0 spiro atoms. The number of fused-ring (bicyclic) bond motifs is 1. The minimum absolute atomic E-state index is 0.127. The molecule has 3 atom stereocenters. The summed E-state index contributed by atoms with van der Waals surface area (Å²) in [5.74, 6) is 1.74. The first kappa shape index (κ1) is 14.8. The monoisotopic (exact) mass is 267 g/mol. The zero-order valence-electron chi connectivity index (χ0n) is 12.7. The fraction of sp³-hybridized carbons (Fsp3) is 0.938. The predicted molar refractivity (Wildman–Crippen MR) is 76.9 cm³/mol. The molecule has 3 unspecified atom stereocenters. The Morgan fingerprint density at radius 1 is 1.11 bits per heavy atom. The van der Waals surface area contributed by atoms with E-state index >= 15 is 0 Å². The van der Waals surface area contributed by atoms with Gasteiger partial charge in [0.15, 0.2) is 0 Å². The molecule has 19 heavy (non-hydrogen) atoms. The second-order valence-corrected chi connectivity index (χ2v) is 7.28. The third-order valence-electron chi connectivity index (χ3n) is 4.49. The van der Waals surface area contributed by atoms with Crippen LogP contribution in [0.15, 0.2) is 0 Å². The fourth-order valence-corrected chi connectivity index (χ4v) is 3.66. The summed E-state index contributed by atoms with van der Waals surface area (Å²) in [7, 11) is 0. The Balaban J connectivity index is 1.70. The van der Waals surface area contributed by atoms with Crippen LogP contribution in [0.2, 0.25) is 0 Å². The maximum Gasteiger partial charge on any atom is 0.320 e. The summed E-state index contributed by atoms with van der Waals surface area (Å²) in [6.07, 6.45) is 9.49. The summed E-state index contributed by atoms with van der Waals surface area (Å²) in [5.41, 5.74) is -0.375. The van der Waals surface area contributed by atoms with Gasteiger partial charge in [-0.1, -0.05) is 25.7 Å². The molecular formula is C16H29NO2. The summed E-state index contributed by atoms with van der Waals surface area (Å²) in [6, 6.07) is 0.520. The van der Waals surface area contributed by atoms with Gasteiger partial charge >= 0.3 is 5.97 Å². The highest BCUT2D eigenvalue weighted by Gasteiger charge is 2.32. The highest BCUT2D eigenvalue weighted by molar-refractivity contribution is 5.72. The van der Waals surface area contributed by atoms with Gasteiger partial charge in [-0.2, -0.15) is 0 Å². The van der Waals surface area contributed by atoms with Gasteiger partial charge in [0.1, 0.15) is 5.60 Å². The van der Waals surface area contributed by atoms with Gasteiger partial charge in [-0.15, -0.1) is 0 Å². The van der Waals surface area contributed by atoms with Crippen LogP contribution in [0.3, 0.4) is 0 Å². The number of hydrogen-bond acceptors (Lipinski definition) is 3. The highest BCUT2D eigenvalue weighted by atomic mass is 16.6. The van der Waals surface area contributed by atoms with Crippen molar-refractivity contribution >= 4 is 5.97 Å². The Kier molecular flexibility index (Phi) is 4.88. The quantitative estimate of drug-likeness (QED) is 0.798. The molecular weight excluding hydrogens is 238 g/mol. The third kappa shape index (κ3) is 4.79. The highest BCUT2D eigenvalue weighted by Crippen LogP contribution is 2.40. The van der Waals surface area contributed by atoms with Crippen molar-refractivity contribution in [1.82, 2.24) is 5.32 Å². The molecule has 0 amide bonds. The lowest BCUT2D eigenvalue weighted by molar-refractivity contribution is -0.153. The molecule has 3 nitrogen and oxygen atoms in total. The van der Waals surface area contributed by atoms with E-state index in [-0.39, 0.29) is 11.6 Å². The maximum absolute atomic E-state index is 11.7. The molecule has 2 fully saturated rings. The average Bonchev–Trinajstić information content (AvgIpc) is 2.34. The maximum atomic E-state index is 11.7. The Morgan fingerprint density at radius 2 is 1.79 bits per heavy atom. The zero-order valence-corrected chi connectivity index (χ0v) is 12.7. The van der Waals surface area contributed by atoms with Crippen molar-refractivity contribution in [3.8, 4) is 0 Å². The summed E-state index contributed by atoms with van der Waals surface area (Å²) < 4.78 is 5.33. The number of hydrogen-bond donors (Lipinski definition) is 1. The largest absolute Gasteiger partial charge is 0.459 e. The van der Waals surface area contributed by atoms with Crippen LogP contribution >= 0.6 is 0 Å². The second-order valence-electron chi connectivity index (χ2n) is 7.28. The van der Waals surface area contributed by atoms with Gasteiger partial charge in [-0.3, -0.25) is 4.79 Å². The van der Waals surface area contributed by atoms with Crippen molar-refractivity contribution in [2.24, 2.45) is 11.8 Å². The van der Waals surface area contributed by atoms with Crippen LogP contribution < -0.4 is 5.32 Å². The van der Waals surface area contributed by atoms with Crippen molar-refractivity contribution in [2.45, 2.75) is 77.4 Å². The van der Waals surface area contributed by atoms with E-state index in [9.17, 15) is 4.79 Å². The van der Waals surface area contributed by atoms with E-state index in [0.29, 0.717) is 12.6 Å². The Hall–Kier alpha value is -0.570. The first-order chi connectivity index (χ1) is 8.94. The van der Waals surface area contributed by atoms with Crippen LogP contribution in [0.25, 0.3) is 0 Å². The molecule has 2 saturated carbocycles. The number of rotatable bonds is 3. The number of esters is 1. The second kappa shape index (κ2) is 6.25. The topological polar surface area (TPSA) is 38.3 Å². The molecule has 2 aliphatic rings. The number of carbonyl (C=O) groups is 1. The van der Waals surface area contributed by atoms with Crippen LogP contribution in [-0.2, 0) is 9.53 Å². The van der Waals surface area contributed by atoms with E-state index in [1.54, 1.807) is 0 Å². The van der Waals surface area contributed by atoms with Crippen LogP contribution in [0, 0.1) is 11.8 Å². The lowest BCUT2D eigenvalue weighted by Gasteiger charge is -2.39. The van der Waals surface area contributed by atoms with E-state index in [1.165, 1.54) is 44.9 Å².